The maximum absolute atomic E-state index is 10.8. The van der Waals surface area contributed by atoms with Gasteiger partial charge in [-0.1, -0.05) is 74.8 Å². The van der Waals surface area contributed by atoms with Gasteiger partial charge >= 0.3 is 0 Å². The van der Waals surface area contributed by atoms with Crippen LogP contribution in [-0.4, -0.2) is 28.2 Å². The second kappa shape index (κ2) is 16.4. The molecule has 3 nitrogen and oxygen atoms in total. The Labute approximate surface area is 147 Å². The van der Waals surface area contributed by atoms with Crippen LogP contribution in [0.4, 0.5) is 0 Å². The second-order valence-electron chi connectivity index (χ2n) is 6.08. The Bertz CT molecular complexity index is 419. The third-order valence-electron chi connectivity index (χ3n) is 3.65. The average Bonchev–Trinajstić information content (AvgIpc) is 2.55. The first-order valence-electron chi connectivity index (χ1n) is 9.10. The Balaban J connectivity index is 3.83. The molecule has 0 fully saturated rings. The molecular weight excluding hydrogens is 300 g/mol. The van der Waals surface area contributed by atoms with Gasteiger partial charge in [-0.25, -0.2) is 0 Å². The fraction of sp³-hybridized carbons (Fsp3) is 0.571. The smallest absolute Gasteiger partial charge is 0.129 e. The molecule has 2 N–H and O–H groups in total. The summed E-state index contributed by atoms with van der Waals surface area (Å²) in [4.78, 5) is 10.8. The van der Waals surface area contributed by atoms with Crippen LogP contribution in [-0.2, 0) is 4.79 Å². The molecule has 0 saturated carbocycles. The minimum Gasteiger partial charge on any atom is -0.390 e. The van der Waals surface area contributed by atoms with Gasteiger partial charge < -0.3 is 15.0 Å². The third-order valence-corrected chi connectivity index (χ3v) is 3.65. The van der Waals surface area contributed by atoms with Gasteiger partial charge in [0.05, 0.1) is 12.2 Å². The van der Waals surface area contributed by atoms with Crippen molar-refractivity contribution in [3.05, 3.63) is 48.6 Å². The molecule has 24 heavy (non-hydrogen) atoms. The molecule has 0 aromatic rings. The summed E-state index contributed by atoms with van der Waals surface area (Å²) in [5, 5.41) is 19.5. The van der Waals surface area contributed by atoms with E-state index in [0.29, 0.717) is 19.3 Å². The van der Waals surface area contributed by atoms with E-state index in [0.717, 1.165) is 6.42 Å². The van der Waals surface area contributed by atoms with Crippen molar-refractivity contribution in [2.75, 3.05) is 0 Å². The van der Waals surface area contributed by atoms with Crippen molar-refractivity contribution in [3.63, 3.8) is 0 Å². The quantitative estimate of drug-likeness (QED) is 0.359. The molecule has 136 valence electrons. The van der Waals surface area contributed by atoms with Crippen molar-refractivity contribution in [3.8, 4) is 0 Å². The van der Waals surface area contributed by atoms with E-state index in [1.54, 1.807) is 12.2 Å². The maximum atomic E-state index is 10.8. The molecule has 0 rings (SSSR count). The van der Waals surface area contributed by atoms with E-state index in [4.69, 9.17) is 0 Å². The Hall–Kier alpha value is -1.45. The lowest BCUT2D eigenvalue weighted by Gasteiger charge is -2.13. The molecule has 0 amide bonds. The molecule has 0 bridgehead atoms. The SMILES string of the molecule is CCCCCC/C=C/C=C\C=C\C=C\C(O)[C@@H](O)CCCC(C)=O. The summed E-state index contributed by atoms with van der Waals surface area (Å²) in [6.45, 7) is 3.75. The van der Waals surface area contributed by atoms with E-state index < -0.39 is 12.2 Å². The van der Waals surface area contributed by atoms with Crippen molar-refractivity contribution in [1.29, 1.82) is 0 Å². The van der Waals surface area contributed by atoms with Crippen LogP contribution >= 0.6 is 0 Å². The Morgan fingerprint density at radius 3 is 2.25 bits per heavy atom. The topological polar surface area (TPSA) is 57.5 Å². The molecule has 0 aliphatic carbocycles. The number of rotatable bonds is 14. The fourth-order valence-electron chi connectivity index (χ4n) is 2.16. The van der Waals surface area contributed by atoms with Gasteiger partial charge in [-0.2, -0.15) is 0 Å². The summed E-state index contributed by atoms with van der Waals surface area (Å²) in [5.74, 6) is 0.108. The van der Waals surface area contributed by atoms with Gasteiger partial charge in [-0.15, -0.1) is 0 Å². The van der Waals surface area contributed by atoms with Gasteiger partial charge in [-0.3, -0.25) is 0 Å². The zero-order valence-corrected chi connectivity index (χ0v) is 15.2. The molecule has 0 aliphatic heterocycles. The summed E-state index contributed by atoms with van der Waals surface area (Å²) < 4.78 is 0. The van der Waals surface area contributed by atoms with Crippen LogP contribution in [0.3, 0.4) is 0 Å². The van der Waals surface area contributed by atoms with Crippen LogP contribution in [0.1, 0.15) is 65.2 Å². The Morgan fingerprint density at radius 1 is 0.917 bits per heavy atom. The maximum Gasteiger partial charge on any atom is 0.129 e. The van der Waals surface area contributed by atoms with Gasteiger partial charge in [0.15, 0.2) is 0 Å². The van der Waals surface area contributed by atoms with Gasteiger partial charge in [0.25, 0.3) is 0 Å². The van der Waals surface area contributed by atoms with E-state index in [2.05, 4.69) is 13.0 Å². The van der Waals surface area contributed by atoms with E-state index in [9.17, 15) is 15.0 Å². The molecule has 0 radical (unpaired) electrons. The average molecular weight is 335 g/mol. The highest BCUT2D eigenvalue weighted by molar-refractivity contribution is 5.75. The minimum absolute atomic E-state index is 0.108. The number of unbranched alkanes of at least 4 members (excludes halogenated alkanes) is 4. The van der Waals surface area contributed by atoms with Crippen LogP contribution in [0, 0.1) is 0 Å². The summed E-state index contributed by atoms with van der Waals surface area (Å²) in [5.41, 5.74) is 0. The molecule has 0 aromatic heterocycles. The predicted octanol–water partition coefficient (Wildman–Crippen LogP) is 4.66. The summed E-state index contributed by atoms with van der Waals surface area (Å²) in [6.07, 6.45) is 21.2. The monoisotopic (exact) mass is 334 g/mol. The molecule has 0 aromatic carbocycles. The number of aliphatic hydroxyl groups excluding tert-OH is 2. The van der Waals surface area contributed by atoms with Gasteiger partial charge in [-0.05, 0) is 32.6 Å². The first-order chi connectivity index (χ1) is 11.6. The number of carbonyl (C=O) groups excluding carboxylic acids is 1. The van der Waals surface area contributed by atoms with Crippen molar-refractivity contribution < 1.29 is 15.0 Å². The molecule has 3 heteroatoms. The molecular formula is C21H34O3. The van der Waals surface area contributed by atoms with Gasteiger partial charge in [0.1, 0.15) is 5.78 Å². The number of ketones is 1. The highest BCUT2D eigenvalue weighted by atomic mass is 16.3. The number of Topliss-reactive ketones (excluding diaryl/α,β-unsaturated/α-hetero) is 1. The summed E-state index contributed by atoms with van der Waals surface area (Å²) in [7, 11) is 0. The molecule has 0 saturated heterocycles. The molecule has 0 aliphatic rings. The highest BCUT2D eigenvalue weighted by Gasteiger charge is 2.12. The number of hydrogen-bond acceptors (Lipinski definition) is 3. The number of hydrogen-bond donors (Lipinski definition) is 2. The van der Waals surface area contributed by atoms with Crippen LogP contribution < -0.4 is 0 Å². The normalized spacial score (nSPS) is 15.2. The second-order valence-corrected chi connectivity index (χ2v) is 6.08. The van der Waals surface area contributed by atoms with Crippen LogP contribution in [0.2, 0.25) is 0 Å². The Morgan fingerprint density at radius 2 is 1.58 bits per heavy atom. The fourth-order valence-corrected chi connectivity index (χ4v) is 2.16. The van der Waals surface area contributed by atoms with Gasteiger partial charge in [0.2, 0.25) is 0 Å². The van der Waals surface area contributed by atoms with E-state index in [1.807, 2.05) is 30.4 Å². The van der Waals surface area contributed by atoms with E-state index in [-0.39, 0.29) is 5.78 Å². The highest BCUT2D eigenvalue weighted by Crippen LogP contribution is 2.07. The minimum atomic E-state index is -0.895. The van der Waals surface area contributed by atoms with E-state index >= 15 is 0 Å². The van der Waals surface area contributed by atoms with Crippen molar-refractivity contribution in [2.24, 2.45) is 0 Å². The van der Waals surface area contributed by atoms with Gasteiger partial charge in [0, 0.05) is 6.42 Å². The number of aliphatic hydroxyl groups is 2. The largest absolute Gasteiger partial charge is 0.390 e. The van der Waals surface area contributed by atoms with E-state index in [1.165, 1.54) is 32.6 Å². The number of carbonyl (C=O) groups is 1. The first kappa shape index (κ1) is 22.6. The molecule has 0 heterocycles. The Kier molecular flexibility index (Phi) is 15.4. The van der Waals surface area contributed by atoms with Crippen LogP contribution in [0.25, 0.3) is 0 Å². The van der Waals surface area contributed by atoms with Crippen LogP contribution in [0.5, 0.6) is 0 Å². The molecule has 1 unspecified atom stereocenters. The van der Waals surface area contributed by atoms with Crippen LogP contribution in [0.15, 0.2) is 48.6 Å². The van der Waals surface area contributed by atoms with Crippen molar-refractivity contribution in [2.45, 2.75) is 77.4 Å². The summed E-state index contributed by atoms with van der Waals surface area (Å²) in [6, 6.07) is 0. The van der Waals surface area contributed by atoms with Crippen molar-refractivity contribution >= 4 is 5.78 Å². The lowest BCUT2D eigenvalue weighted by atomic mass is 10.1. The molecule has 0 spiro atoms. The van der Waals surface area contributed by atoms with Crippen molar-refractivity contribution in [1.82, 2.24) is 0 Å². The lowest BCUT2D eigenvalue weighted by Crippen LogP contribution is -2.23. The first-order valence-corrected chi connectivity index (χ1v) is 9.10. The standard InChI is InChI=1S/C21H34O3/c1-3-4-5-6-7-8-9-10-11-12-13-14-17-20(23)21(24)18-15-16-19(2)22/h8-14,17,20-21,23-24H,3-7,15-16,18H2,1-2H3/b9-8+,11-10-,13-12+,17-14+/t20?,21-/m0/s1. The zero-order chi connectivity index (χ0) is 18.0. The third kappa shape index (κ3) is 15.4. The molecule has 2 atom stereocenters. The predicted molar refractivity (Wildman–Crippen MR) is 102 cm³/mol. The zero-order valence-electron chi connectivity index (χ0n) is 15.2. The lowest BCUT2D eigenvalue weighted by molar-refractivity contribution is -0.117. The number of allylic oxidation sites excluding steroid dienone is 7. The summed E-state index contributed by atoms with van der Waals surface area (Å²) >= 11 is 0.